The number of anilines is 2. The molecule has 0 saturated heterocycles. The number of aromatic nitrogens is 4. The van der Waals surface area contributed by atoms with Gasteiger partial charge in [0, 0.05) is 18.8 Å². The number of pyridine rings is 2. The van der Waals surface area contributed by atoms with Crippen LogP contribution in [0.1, 0.15) is 24.3 Å². The third-order valence-electron chi connectivity index (χ3n) is 4.84. The summed E-state index contributed by atoms with van der Waals surface area (Å²) < 4.78 is 2.03. The van der Waals surface area contributed by atoms with Crippen LogP contribution in [0.15, 0.2) is 61.1 Å². The van der Waals surface area contributed by atoms with Gasteiger partial charge < -0.3 is 9.88 Å². The second-order valence-electron chi connectivity index (χ2n) is 6.84. The van der Waals surface area contributed by atoms with Gasteiger partial charge in [0.15, 0.2) is 0 Å². The van der Waals surface area contributed by atoms with E-state index in [0.717, 1.165) is 33.9 Å². The Morgan fingerprint density at radius 3 is 2.73 bits per heavy atom. The standard InChI is InChI=1S/C21H19N5/c1-26-13-23-18-10-15(7-8-19(18)26)17-11-16(14-5-6-14)12-21(24-17)25-20-4-2-3-9-22-20/h2-4,7-14H,5-6H2,1H3,(H,22,24,25). The topological polar surface area (TPSA) is 55.6 Å². The van der Waals surface area contributed by atoms with Crippen molar-refractivity contribution in [1.29, 1.82) is 0 Å². The van der Waals surface area contributed by atoms with Crippen LogP contribution in [-0.4, -0.2) is 19.5 Å². The van der Waals surface area contributed by atoms with Crippen molar-refractivity contribution in [2.75, 3.05) is 5.32 Å². The van der Waals surface area contributed by atoms with E-state index in [1.165, 1.54) is 18.4 Å². The number of imidazole rings is 1. The molecule has 26 heavy (non-hydrogen) atoms. The van der Waals surface area contributed by atoms with E-state index >= 15 is 0 Å². The molecule has 0 bridgehead atoms. The van der Waals surface area contributed by atoms with Crippen LogP contribution in [0.25, 0.3) is 22.3 Å². The summed E-state index contributed by atoms with van der Waals surface area (Å²) in [5.41, 5.74) is 5.51. The minimum atomic E-state index is 0.652. The van der Waals surface area contributed by atoms with E-state index in [-0.39, 0.29) is 0 Å². The lowest BCUT2D eigenvalue weighted by Crippen LogP contribution is -1.98. The quantitative estimate of drug-likeness (QED) is 0.587. The van der Waals surface area contributed by atoms with Gasteiger partial charge in [-0.2, -0.15) is 0 Å². The fourth-order valence-corrected chi connectivity index (χ4v) is 3.28. The first-order valence-electron chi connectivity index (χ1n) is 8.88. The maximum Gasteiger partial charge on any atom is 0.132 e. The average molecular weight is 341 g/mol. The highest BCUT2D eigenvalue weighted by molar-refractivity contribution is 5.81. The molecule has 128 valence electrons. The molecule has 5 nitrogen and oxygen atoms in total. The van der Waals surface area contributed by atoms with Crippen molar-refractivity contribution < 1.29 is 0 Å². The Balaban J connectivity index is 1.58. The van der Waals surface area contributed by atoms with E-state index in [4.69, 9.17) is 4.98 Å². The summed E-state index contributed by atoms with van der Waals surface area (Å²) in [5, 5.41) is 3.34. The first kappa shape index (κ1) is 15.1. The molecule has 5 rings (SSSR count). The van der Waals surface area contributed by atoms with Gasteiger partial charge in [-0.25, -0.2) is 15.0 Å². The normalized spacial score (nSPS) is 13.9. The van der Waals surface area contributed by atoms with Gasteiger partial charge in [0.25, 0.3) is 0 Å². The average Bonchev–Trinajstić information content (AvgIpc) is 3.46. The Morgan fingerprint density at radius 1 is 1.00 bits per heavy atom. The van der Waals surface area contributed by atoms with Crippen molar-refractivity contribution in [2.45, 2.75) is 18.8 Å². The molecule has 1 saturated carbocycles. The second kappa shape index (κ2) is 5.95. The highest BCUT2D eigenvalue weighted by Gasteiger charge is 2.25. The fourth-order valence-electron chi connectivity index (χ4n) is 3.28. The Hall–Kier alpha value is -3.21. The van der Waals surface area contributed by atoms with Crippen LogP contribution >= 0.6 is 0 Å². The molecule has 1 aliphatic rings. The zero-order valence-electron chi connectivity index (χ0n) is 14.6. The van der Waals surface area contributed by atoms with Gasteiger partial charge in [0.2, 0.25) is 0 Å². The predicted molar refractivity (Wildman–Crippen MR) is 103 cm³/mol. The Kier molecular flexibility index (Phi) is 3.45. The highest BCUT2D eigenvalue weighted by Crippen LogP contribution is 2.42. The van der Waals surface area contributed by atoms with Crippen molar-refractivity contribution in [3.05, 3.63) is 66.6 Å². The summed E-state index contributed by atoms with van der Waals surface area (Å²) in [7, 11) is 2.01. The summed E-state index contributed by atoms with van der Waals surface area (Å²) in [6, 6.07) is 16.5. The predicted octanol–water partition coefficient (Wildman–Crippen LogP) is 4.65. The number of nitrogens with one attached hydrogen (secondary N) is 1. The largest absolute Gasteiger partial charge is 0.334 e. The van der Waals surface area contributed by atoms with E-state index in [9.17, 15) is 0 Å². The summed E-state index contributed by atoms with van der Waals surface area (Å²) >= 11 is 0. The molecule has 1 aromatic carbocycles. The molecule has 0 unspecified atom stereocenters. The zero-order chi connectivity index (χ0) is 17.5. The van der Waals surface area contributed by atoms with E-state index < -0.39 is 0 Å². The zero-order valence-corrected chi connectivity index (χ0v) is 14.6. The van der Waals surface area contributed by atoms with Gasteiger partial charge in [0.05, 0.1) is 23.1 Å². The molecule has 1 N–H and O–H groups in total. The van der Waals surface area contributed by atoms with E-state index in [2.05, 4.69) is 45.6 Å². The summed E-state index contributed by atoms with van der Waals surface area (Å²) in [4.78, 5) is 13.7. The van der Waals surface area contributed by atoms with Crippen molar-refractivity contribution in [3.8, 4) is 11.3 Å². The highest BCUT2D eigenvalue weighted by atomic mass is 15.1. The minimum Gasteiger partial charge on any atom is -0.334 e. The molecule has 3 heterocycles. The minimum absolute atomic E-state index is 0.652. The Bertz CT molecular complexity index is 1080. The number of aryl methyl sites for hydroxylation is 1. The lowest BCUT2D eigenvalue weighted by atomic mass is 10.1. The molecule has 1 fully saturated rings. The lowest BCUT2D eigenvalue weighted by molar-refractivity contribution is 0.948. The van der Waals surface area contributed by atoms with E-state index in [0.29, 0.717) is 5.92 Å². The summed E-state index contributed by atoms with van der Waals surface area (Å²) in [6.45, 7) is 0. The van der Waals surface area contributed by atoms with Crippen LogP contribution in [0.4, 0.5) is 11.6 Å². The van der Waals surface area contributed by atoms with E-state index in [1.807, 2.05) is 36.1 Å². The molecule has 0 radical (unpaired) electrons. The fraction of sp³-hybridized carbons (Fsp3) is 0.190. The number of hydrogen-bond donors (Lipinski definition) is 1. The third kappa shape index (κ3) is 2.81. The third-order valence-corrected chi connectivity index (χ3v) is 4.84. The number of nitrogens with zero attached hydrogens (tertiary/aromatic N) is 4. The number of hydrogen-bond acceptors (Lipinski definition) is 4. The van der Waals surface area contributed by atoms with Gasteiger partial charge in [0.1, 0.15) is 11.6 Å². The summed E-state index contributed by atoms with van der Waals surface area (Å²) in [5.74, 6) is 2.29. The smallest absolute Gasteiger partial charge is 0.132 e. The molecule has 0 spiro atoms. The molecule has 0 amide bonds. The number of benzene rings is 1. The SMILES string of the molecule is Cn1cnc2cc(-c3cc(C4CC4)cc(Nc4ccccn4)n3)ccc21. The molecule has 0 atom stereocenters. The lowest BCUT2D eigenvalue weighted by Gasteiger charge is -2.10. The summed E-state index contributed by atoms with van der Waals surface area (Å²) in [6.07, 6.45) is 6.14. The van der Waals surface area contributed by atoms with E-state index in [1.54, 1.807) is 6.20 Å². The maximum atomic E-state index is 4.84. The van der Waals surface area contributed by atoms with Gasteiger partial charge in [-0.1, -0.05) is 12.1 Å². The first-order chi connectivity index (χ1) is 12.8. The molecule has 0 aliphatic heterocycles. The van der Waals surface area contributed by atoms with Crippen molar-refractivity contribution in [1.82, 2.24) is 19.5 Å². The number of rotatable bonds is 4. The van der Waals surface area contributed by atoms with Crippen LogP contribution in [0, 0.1) is 0 Å². The van der Waals surface area contributed by atoms with Gasteiger partial charge >= 0.3 is 0 Å². The van der Waals surface area contributed by atoms with Crippen molar-refractivity contribution in [2.24, 2.45) is 7.05 Å². The molecular formula is C21H19N5. The Labute approximate surface area is 151 Å². The van der Waals surface area contributed by atoms with Gasteiger partial charge in [-0.3, -0.25) is 0 Å². The van der Waals surface area contributed by atoms with Crippen LogP contribution < -0.4 is 5.32 Å². The van der Waals surface area contributed by atoms with Crippen molar-refractivity contribution >= 4 is 22.7 Å². The van der Waals surface area contributed by atoms with Crippen LogP contribution in [0.5, 0.6) is 0 Å². The molecule has 1 aliphatic carbocycles. The second-order valence-corrected chi connectivity index (χ2v) is 6.84. The van der Waals surface area contributed by atoms with Crippen LogP contribution in [0.3, 0.4) is 0 Å². The monoisotopic (exact) mass is 341 g/mol. The van der Waals surface area contributed by atoms with Crippen LogP contribution in [-0.2, 0) is 7.05 Å². The van der Waals surface area contributed by atoms with Crippen LogP contribution in [0.2, 0.25) is 0 Å². The first-order valence-corrected chi connectivity index (χ1v) is 8.88. The van der Waals surface area contributed by atoms with Gasteiger partial charge in [-0.05, 0) is 60.7 Å². The maximum absolute atomic E-state index is 4.84. The Morgan fingerprint density at radius 2 is 1.92 bits per heavy atom. The number of fused-ring (bicyclic) bond motifs is 1. The molecule has 3 aromatic heterocycles. The molecule has 4 aromatic rings. The van der Waals surface area contributed by atoms with Gasteiger partial charge in [-0.15, -0.1) is 0 Å². The molecule has 5 heteroatoms. The molecular weight excluding hydrogens is 322 g/mol. The van der Waals surface area contributed by atoms with Crippen molar-refractivity contribution in [3.63, 3.8) is 0 Å².